The first-order valence-electron chi connectivity index (χ1n) is 10.1. The molecule has 0 saturated heterocycles. The van der Waals surface area contributed by atoms with Gasteiger partial charge in [-0.2, -0.15) is 0 Å². The summed E-state index contributed by atoms with van der Waals surface area (Å²) in [6, 6.07) is 20.6. The van der Waals surface area contributed by atoms with Crippen molar-refractivity contribution in [2.45, 2.75) is 64.3 Å². The van der Waals surface area contributed by atoms with Crippen molar-refractivity contribution in [1.29, 1.82) is 0 Å². The lowest BCUT2D eigenvalue weighted by Crippen LogP contribution is -2.14. The summed E-state index contributed by atoms with van der Waals surface area (Å²) in [5.74, 6) is 0. The molecule has 0 aromatic heterocycles. The van der Waals surface area contributed by atoms with E-state index in [1.807, 2.05) is 36.4 Å². The predicted octanol–water partition coefficient (Wildman–Crippen LogP) is 5.72. The van der Waals surface area contributed by atoms with Crippen molar-refractivity contribution in [3.05, 3.63) is 71.8 Å². The standard InChI is InChI=1S/C24H32O3/c25-18-10-2-1-9-16-24(27-21-23-14-7-4-8-15-23)17-11-19-26-20-22-12-5-3-6-13-22/h3-8,12-15,18,24H,1-2,9-11,16-17,19-21H2/t24-/m0/s1. The van der Waals surface area contributed by atoms with E-state index in [2.05, 4.69) is 24.3 Å². The molecule has 0 radical (unpaired) electrons. The largest absolute Gasteiger partial charge is 0.377 e. The molecule has 0 aliphatic carbocycles. The van der Waals surface area contributed by atoms with Crippen molar-refractivity contribution in [2.24, 2.45) is 0 Å². The molecule has 146 valence electrons. The Bertz CT molecular complexity index is 598. The fourth-order valence-corrected chi connectivity index (χ4v) is 3.05. The van der Waals surface area contributed by atoms with Crippen molar-refractivity contribution >= 4 is 6.29 Å². The van der Waals surface area contributed by atoms with E-state index in [-0.39, 0.29) is 6.10 Å². The molecule has 0 amide bonds. The minimum atomic E-state index is 0.252. The SMILES string of the molecule is O=CCCCCC[C@@H](CCCOCc1ccccc1)OCc1ccccc1. The summed E-state index contributed by atoms with van der Waals surface area (Å²) in [4.78, 5) is 10.4. The summed E-state index contributed by atoms with van der Waals surface area (Å²) in [5.41, 5.74) is 2.42. The molecule has 0 unspecified atom stereocenters. The van der Waals surface area contributed by atoms with Crippen LogP contribution >= 0.6 is 0 Å². The summed E-state index contributed by atoms with van der Waals surface area (Å²) >= 11 is 0. The highest BCUT2D eigenvalue weighted by atomic mass is 16.5. The quantitative estimate of drug-likeness (QED) is 0.298. The average molecular weight is 369 g/mol. The summed E-state index contributed by atoms with van der Waals surface area (Å²) < 4.78 is 12.0. The van der Waals surface area contributed by atoms with Gasteiger partial charge in [0.05, 0.1) is 19.3 Å². The van der Waals surface area contributed by atoms with Crippen molar-refractivity contribution in [1.82, 2.24) is 0 Å². The smallest absolute Gasteiger partial charge is 0.119 e. The van der Waals surface area contributed by atoms with Crippen molar-refractivity contribution in [3.8, 4) is 0 Å². The van der Waals surface area contributed by atoms with Crippen LogP contribution in [-0.4, -0.2) is 19.0 Å². The Morgan fingerprint density at radius 2 is 1.37 bits per heavy atom. The second kappa shape index (κ2) is 14.1. The second-order valence-electron chi connectivity index (χ2n) is 6.90. The maximum atomic E-state index is 10.4. The molecule has 0 bridgehead atoms. The number of aldehydes is 1. The minimum absolute atomic E-state index is 0.252. The third-order valence-corrected chi connectivity index (χ3v) is 4.60. The minimum Gasteiger partial charge on any atom is -0.377 e. The third-order valence-electron chi connectivity index (χ3n) is 4.60. The van der Waals surface area contributed by atoms with Crippen molar-refractivity contribution in [3.63, 3.8) is 0 Å². The molecule has 2 rings (SSSR count). The van der Waals surface area contributed by atoms with Crippen LogP contribution in [0.3, 0.4) is 0 Å². The predicted molar refractivity (Wildman–Crippen MR) is 110 cm³/mol. The van der Waals surface area contributed by atoms with Crippen LogP contribution in [0, 0.1) is 0 Å². The van der Waals surface area contributed by atoms with Gasteiger partial charge in [0.2, 0.25) is 0 Å². The monoisotopic (exact) mass is 368 g/mol. The molecule has 0 spiro atoms. The molecule has 27 heavy (non-hydrogen) atoms. The first-order chi connectivity index (χ1) is 13.4. The maximum Gasteiger partial charge on any atom is 0.119 e. The number of hydrogen-bond acceptors (Lipinski definition) is 3. The van der Waals surface area contributed by atoms with E-state index in [0.717, 1.165) is 51.4 Å². The van der Waals surface area contributed by atoms with E-state index < -0.39 is 0 Å². The van der Waals surface area contributed by atoms with Gasteiger partial charge < -0.3 is 14.3 Å². The van der Waals surface area contributed by atoms with Gasteiger partial charge in [0.15, 0.2) is 0 Å². The molecular formula is C24H32O3. The molecule has 0 fully saturated rings. The Balaban J connectivity index is 1.66. The molecule has 0 saturated carbocycles. The first-order valence-corrected chi connectivity index (χ1v) is 10.1. The lowest BCUT2D eigenvalue weighted by Gasteiger charge is -2.18. The van der Waals surface area contributed by atoms with Gasteiger partial charge in [-0.25, -0.2) is 0 Å². The highest BCUT2D eigenvalue weighted by Gasteiger charge is 2.09. The zero-order valence-electron chi connectivity index (χ0n) is 16.2. The zero-order chi connectivity index (χ0) is 19.0. The van der Waals surface area contributed by atoms with Gasteiger partial charge >= 0.3 is 0 Å². The summed E-state index contributed by atoms with van der Waals surface area (Å²) in [6.07, 6.45) is 8.17. The Labute approximate surface area is 163 Å². The van der Waals surface area contributed by atoms with Crippen LogP contribution in [0.5, 0.6) is 0 Å². The molecule has 0 heterocycles. The van der Waals surface area contributed by atoms with E-state index in [1.54, 1.807) is 0 Å². The van der Waals surface area contributed by atoms with Crippen LogP contribution in [0.25, 0.3) is 0 Å². The molecule has 0 aliphatic heterocycles. The van der Waals surface area contributed by atoms with E-state index in [0.29, 0.717) is 19.6 Å². The zero-order valence-corrected chi connectivity index (χ0v) is 16.2. The molecular weight excluding hydrogens is 336 g/mol. The third kappa shape index (κ3) is 10.1. The number of carbonyl (C=O) groups excluding carboxylic acids is 1. The Morgan fingerprint density at radius 1 is 0.741 bits per heavy atom. The molecule has 3 nitrogen and oxygen atoms in total. The topological polar surface area (TPSA) is 35.5 Å². The first kappa shape index (κ1) is 21.3. The summed E-state index contributed by atoms with van der Waals surface area (Å²) in [6.45, 7) is 2.08. The van der Waals surface area contributed by atoms with Gasteiger partial charge in [-0.1, -0.05) is 73.5 Å². The lowest BCUT2D eigenvalue weighted by molar-refractivity contribution is -0.107. The number of carbonyl (C=O) groups is 1. The van der Waals surface area contributed by atoms with Gasteiger partial charge in [-0.05, 0) is 36.8 Å². The molecule has 2 aromatic rings. The summed E-state index contributed by atoms with van der Waals surface area (Å²) in [5, 5.41) is 0. The van der Waals surface area contributed by atoms with Gasteiger partial charge in [-0.15, -0.1) is 0 Å². The van der Waals surface area contributed by atoms with E-state index in [9.17, 15) is 4.79 Å². The van der Waals surface area contributed by atoms with E-state index in [4.69, 9.17) is 9.47 Å². The fourth-order valence-electron chi connectivity index (χ4n) is 3.05. The maximum absolute atomic E-state index is 10.4. The van der Waals surface area contributed by atoms with Gasteiger partial charge in [0.25, 0.3) is 0 Å². The normalized spacial score (nSPS) is 12.0. The fraction of sp³-hybridized carbons (Fsp3) is 0.458. The van der Waals surface area contributed by atoms with Crippen LogP contribution in [0.15, 0.2) is 60.7 Å². The van der Waals surface area contributed by atoms with Crippen LogP contribution in [0.4, 0.5) is 0 Å². The van der Waals surface area contributed by atoms with Crippen molar-refractivity contribution in [2.75, 3.05) is 6.61 Å². The lowest BCUT2D eigenvalue weighted by atomic mass is 10.1. The molecule has 1 atom stereocenters. The molecule has 3 heteroatoms. The average Bonchev–Trinajstić information content (AvgIpc) is 2.72. The van der Waals surface area contributed by atoms with Gasteiger partial charge in [0.1, 0.15) is 6.29 Å². The number of unbranched alkanes of at least 4 members (excludes halogenated alkanes) is 3. The highest BCUT2D eigenvalue weighted by Crippen LogP contribution is 2.15. The number of rotatable bonds is 15. The van der Waals surface area contributed by atoms with Crippen LogP contribution in [0.2, 0.25) is 0 Å². The van der Waals surface area contributed by atoms with Gasteiger partial charge in [0, 0.05) is 13.0 Å². The van der Waals surface area contributed by atoms with Crippen LogP contribution in [-0.2, 0) is 27.5 Å². The Kier molecular flexibility index (Phi) is 11.2. The molecule has 0 N–H and O–H groups in total. The Morgan fingerprint density at radius 3 is 2.04 bits per heavy atom. The van der Waals surface area contributed by atoms with E-state index >= 15 is 0 Å². The Hall–Kier alpha value is -1.97. The molecule has 0 aliphatic rings. The summed E-state index contributed by atoms with van der Waals surface area (Å²) in [7, 11) is 0. The highest BCUT2D eigenvalue weighted by molar-refractivity contribution is 5.48. The van der Waals surface area contributed by atoms with Gasteiger partial charge in [-0.3, -0.25) is 0 Å². The number of benzene rings is 2. The van der Waals surface area contributed by atoms with E-state index in [1.165, 1.54) is 11.1 Å². The number of hydrogen-bond donors (Lipinski definition) is 0. The van der Waals surface area contributed by atoms with Crippen LogP contribution < -0.4 is 0 Å². The molecule has 2 aromatic carbocycles. The number of ether oxygens (including phenoxy) is 2. The second-order valence-corrected chi connectivity index (χ2v) is 6.90. The van der Waals surface area contributed by atoms with Crippen molar-refractivity contribution < 1.29 is 14.3 Å². The van der Waals surface area contributed by atoms with Crippen LogP contribution in [0.1, 0.15) is 56.1 Å².